The number of nitrogens with one attached hydrogen (secondary N) is 1. The highest BCUT2D eigenvalue weighted by Crippen LogP contribution is 2.25. The Kier molecular flexibility index (Phi) is 4.36. The van der Waals surface area contributed by atoms with Crippen LogP contribution in [0.1, 0.15) is 24.8 Å². The maximum Gasteiger partial charge on any atom is 0.0560 e. The second-order valence-electron chi connectivity index (χ2n) is 4.18. The first-order valence-corrected chi connectivity index (χ1v) is 7.30. The second kappa shape index (κ2) is 5.80. The second-order valence-corrected chi connectivity index (χ2v) is 6.04. The maximum absolute atomic E-state index is 4.21. The van der Waals surface area contributed by atoms with Gasteiger partial charge < -0.3 is 5.32 Å². The Labute approximate surface area is 114 Å². The lowest BCUT2D eigenvalue weighted by molar-refractivity contribution is 0.415. The molecule has 0 saturated heterocycles. The van der Waals surface area contributed by atoms with Crippen LogP contribution >= 0.6 is 27.3 Å². The van der Waals surface area contributed by atoms with Gasteiger partial charge in [0.05, 0.1) is 6.54 Å². The predicted octanol–water partition coefficient (Wildman–Crippen LogP) is 3.45. The van der Waals surface area contributed by atoms with E-state index in [9.17, 15) is 0 Å². The molecule has 0 radical (unpaired) electrons. The monoisotopic (exact) mass is 313 g/mol. The van der Waals surface area contributed by atoms with Gasteiger partial charge in [-0.2, -0.15) is 5.10 Å². The third-order valence-corrected chi connectivity index (χ3v) is 4.45. The zero-order chi connectivity index (χ0) is 12.3. The van der Waals surface area contributed by atoms with Crippen molar-refractivity contribution in [1.82, 2.24) is 15.1 Å². The van der Waals surface area contributed by atoms with Gasteiger partial charge in [-0.05, 0) is 41.9 Å². The van der Waals surface area contributed by atoms with Crippen LogP contribution in [0.5, 0.6) is 0 Å². The number of thiophene rings is 1. The highest BCUT2D eigenvalue weighted by Gasteiger charge is 2.11. The van der Waals surface area contributed by atoms with E-state index >= 15 is 0 Å². The molecule has 92 valence electrons. The van der Waals surface area contributed by atoms with Crippen LogP contribution in [0.25, 0.3) is 0 Å². The summed E-state index contributed by atoms with van der Waals surface area (Å²) in [6.07, 6.45) is 3.80. The smallest absolute Gasteiger partial charge is 0.0560 e. The molecular weight excluding hydrogens is 298 g/mol. The third-order valence-electron chi connectivity index (χ3n) is 2.57. The Morgan fingerprint density at radius 2 is 2.35 bits per heavy atom. The molecule has 0 spiro atoms. The van der Waals surface area contributed by atoms with E-state index in [1.54, 1.807) is 11.3 Å². The Morgan fingerprint density at radius 1 is 1.53 bits per heavy atom. The maximum atomic E-state index is 4.21. The van der Waals surface area contributed by atoms with Crippen LogP contribution in [0.3, 0.4) is 0 Å². The molecule has 3 nitrogen and oxygen atoms in total. The minimum atomic E-state index is 0.372. The first kappa shape index (κ1) is 12.8. The van der Waals surface area contributed by atoms with E-state index in [0.29, 0.717) is 12.1 Å². The molecule has 2 rings (SSSR count). The zero-order valence-electron chi connectivity index (χ0n) is 9.93. The summed E-state index contributed by atoms with van der Waals surface area (Å²) >= 11 is 5.26. The highest BCUT2D eigenvalue weighted by molar-refractivity contribution is 9.10. The normalized spacial score (nSPS) is 14.8. The van der Waals surface area contributed by atoms with Crippen molar-refractivity contribution in [3.05, 3.63) is 39.3 Å². The molecule has 0 aliphatic carbocycles. The summed E-state index contributed by atoms with van der Waals surface area (Å²) in [6, 6.07) is 4.89. The van der Waals surface area contributed by atoms with Gasteiger partial charge in [-0.15, -0.1) is 11.3 Å². The first-order valence-electron chi connectivity index (χ1n) is 5.62. The SMILES string of the molecule is CC(Cn1cccn1)NC(C)c1cc(Br)cs1. The van der Waals surface area contributed by atoms with E-state index < -0.39 is 0 Å². The predicted molar refractivity (Wildman–Crippen MR) is 75.3 cm³/mol. The lowest BCUT2D eigenvalue weighted by Gasteiger charge is -2.19. The first-order chi connectivity index (χ1) is 8.15. The molecule has 0 amide bonds. The lowest BCUT2D eigenvalue weighted by atomic mass is 10.2. The van der Waals surface area contributed by atoms with Crippen LogP contribution in [0.15, 0.2) is 34.4 Å². The Morgan fingerprint density at radius 3 is 2.94 bits per heavy atom. The van der Waals surface area contributed by atoms with E-state index in [-0.39, 0.29) is 0 Å². The van der Waals surface area contributed by atoms with Crippen molar-refractivity contribution in [3.63, 3.8) is 0 Å². The molecule has 2 aromatic rings. The molecule has 0 aliphatic rings. The molecule has 2 heterocycles. The van der Waals surface area contributed by atoms with Crippen molar-refractivity contribution >= 4 is 27.3 Å². The number of hydrogen-bond acceptors (Lipinski definition) is 3. The third kappa shape index (κ3) is 3.66. The van der Waals surface area contributed by atoms with Crippen molar-refractivity contribution in [2.75, 3.05) is 0 Å². The van der Waals surface area contributed by atoms with Gasteiger partial charge in [0, 0.05) is 39.2 Å². The van der Waals surface area contributed by atoms with E-state index in [2.05, 4.69) is 51.6 Å². The van der Waals surface area contributed by atoms with Crippen LogP contribution in [0.4, 0.5) is 0 Å². The summed E-state index contributed by atoms with van der Waals surface area (Å²) in [5, 5.41) is 9.91. The largest absolute Gasteiger partial charge is 0.305 e. The average molecular weight is 314 g/mol. The molecule has 2 aromatic heterocycles. The van der Waals surface area contributed by atoms with Crippen LogP contribution in [-0.2, 0) is 6.54 Å². The van der Waals surface area contributed by atoms with Crippen LogP contribution < -0.4 is 5.32 Å². The Balaban J connectivity index is 1.88. The van der Waals surface area contributed by atoms with Gasteiger partial charge in [-0.3, -0.25) is 4.68 Å². The van der Waals surface area contributed by atoms with E-state index in [1.165, 1.54) is 4.88 Å². The number of hydrogen-bond donors (Lipinski definition) is 1. The average Bonchev–Trinajstić information content (AvgIpc) is 2.89. The van der Waals surface area contributed by atoms with Crippen molar-refractivity contribution in [1.29, 1.82) is 0 Å². The molecular formula is C12H16BrN3S. The fourth-order valence-electron chi connectivity index (χ4n) is 1.81. The summed E-state index contributed by atoms with van der Waals surface area (Å²) in [5.41, 5.74) is 0. The number of aromatic nitrogens is 2. The summed E-state index contributed by atoms with van der Waals surface area (Å²) in [5.74, 6) is 0. The number of halogens is 1. The zero-order valence-corrected chi connectivity index (χ0v) is 12.3. The molecule has 2 unspecified atom stereocenters. The summed E-state index contributed by atoms with van der Waals surface area (Å²) in [4.78, 5) is 1.35. The van der Waals surface area contributed by atoms with Gasteiger partial charge in [-0.25, -0.2) is 0 Å². The van der Waals surface area contributed by atoms with Gasteiger partial charge in [0.1, 0.15) is 0 Å². The molecule has 0 fully saturated rings. The van der Waals surface area contributed by atoms with Gasteiger partial charge in [0.15, 0.2) is 0 Å². The molecule has 17 heavy (non-hydrogen) atoms. The van der Waals surface area contributed by atoms with Crippen molar-refractivity contribution < 1.29 is 0 Å². The van der Waals surface area contributed by atoms with Gasteiger partial charge in [-0.1, -0.05) is 0 Å². The van der Waals surface area contributed by atoms with E-state index in [4.69, 9.17) is 0 Å². The van der Waals surface area contributed by atoms with Gasteiger partial charge >= 0.3 is 0 Å². The molecule has 1 N–H and O–H groups in total. The quantitative estimate of drug-likeness (QED) is 0.916. The molecule has 0 bridgehead atoms. The molecule has 0 saturated carbocycles. The fraction of sp³-hybridized carbons (Fsp3) is 0.417. The molecule has 5 heteroatoms. The van der Waals surface area contributed by atoms with E-state index in [0.717, 1.165) is 11.0 Å². The number of rotatable bonds is 5. The Bertz CT molecular complexity index is 452. The lowest BCUT2D eigenvalue weighted by Crippen LogP contribution is -2.32. The minimum Gasteiger partial charge on any atom is -0.305 e. The number of nitrogens with zero attached hydrogens (tertiary/aromatic N) is 2. The molecule has 2 atom stereocenters. The Hall–Kier alpha value is -0.650. The van der Waals surface area contributed by atoms with Gasteiger partial charge in [0.2, 0.25) is 0 Å². The van der Waals surface area contributed by atoms with Crippen LogP contribution in [0.2, 0.25) is 0 Å². The topological polar surface area (TPSA) is 29.9 Å². The molecule has 0 aromatic carbocycles. The molecule has 0 aliphatic heterocycles. The highest BCUT2D eigenvalue weighted by atomic mass is 79.9. The minimum absolute atomic E-state index is 0.372. The summed E-state index contributed by atoms with van der Waals surface area (Å²) in [7, 11) is 0. The van der Waals surface area contributed by atoms with Crippen molar-refractivity contribution in [2.45, 2.75) is 32.5 Å². The summed E-state index contributed by atoms with van der Waals surface area (Å²) in [6.45, 7) is 5.27. The fourth-order valence-corrected chi connectivity index (χ4v) is 3.27. The van der Waals surface area contributed by atoms with E-state index in [1.807, 2.05) is 23.1 Å². The standard InChI is InChI=1S/C12H16BrN3S/c1-9(7-16-5-3-4-14-16)15-10(2)12-6-11(13)8-17-12/h3-6,8-10,15H,7H2,1-2H3. The van der Waals surface area contributed by atoms with Crippen LogP contribution in [-0.4, -0.2) is 15.8 Å². The van der Waals surface area contributed by atoms with Crippen molar-refractivity contribution in [2.24, 2.45) is 0 Å². The van der Waals surface area contributed by atoms with Crippen molar-refractivity contribution in [3.8, 4) is 0 Å². The summed E-state index contributed by atoms with van der Waals surface area (Å²) < 4.78 is 3.11. The van der Waals surface area contributed by atoms with Crippen LogP contribution in [0, 0.1) is 0 Å². The van der Waals surface area contributed by atoms with Gasteiger partial charge in [0.25, 0.3) is 0 Å².